The SMILES string of the molecule is CCCCCCC(C)(CCCCCC)C(=O)NC1CCN(C)CC1. The monoisotopic (exact) mass is 338 g/mol. The molecule has 1 fully saturated rings. The standard InChI is InChI=1S/C21H42N2O/c1-5-7-9-11-15-21(3,16-12-10-8-6-2)20(24)22-19-13-17-23(4)18-14-19/h19H,5-18H2,1-4H3,(H,22,24). The Kier molecular flexibility index (Phi) is 10.6. The van der Waals surface area contributed by atoms with Gasteiger partial charge in [0.1, 0.15) is 0 Å². The minimum absolute atomic E-state index is 0.162. The van der Waals surface area contributed by atoms with Gasteiger partial charge in [0, 0.05) is 11.5 Å². The molecule has 0 aliphatic carbocycles. The summed E-state index contributed by atoms with van der Waals surface area (Å²) in [7, 11) is 2.17. The van der Waals surface area contributed by atoms with Crippen LogP contribution in [0.2, 0.25) is 0 Å². The molecular formula is C21H42N2O. The van der Waals surface area contributed by atoms with Gasteiger partial charge < -0.3 is 10.2 Å². The number of likely N-dealkylation sites (tertiary alicyclic amines) is 1. The van der Waals surface area contributed by atoms with E-state index in [0.29, 0.717) is 11.9 Å². The number of unbranched alkanes of at least 4 members (excludes halogenated alkanes) is 6. The van der Waals surface area contributed by atoms with E-state index in [1.54, 1.807) is 0 Å². The summed E-state index contributed by atoms with van der Waals surface area (Å²) < 4.78 is 0. The van der Waals surface area contributed by atoms with Crippen molar-refractivity contribution in [3.63, 3.8) is 0 Å². The van der Waals surface area contributed by atoms with Crippen LogP contribution in [0.4, 0.5) is 0 Å². The van der Waals surface area contributed by atoms with Gasteiger partial charge >= 0.3 is 0 Å². The molecule has 0 spiro atoms. The lowest BCUT2D eigenvalue weighted by molar-refractivity contribution is -0.132. The fourth-order valence-electron chi connectivity index (χ4n) is 3.75. The van der Waals surface area contributed by atoms with Crippen molar-refractivity contribution in [2.24, 2.45) is 5.41 Å². The van der Waals surface area contributed by atoms with Crippen molar-refractivity contribution >= 4 is 5.91 Å². The molecule has 1 saturated heterocycles. The van der Waals surface area contributed by atoms with Crippen LogP contribution >= 0.6 is 0 Å². The van der Waals surface area contributed by atoms with Gasteiger partial charge in [-0.05, 0) is 45.8 Å². The quantitative estimate of drug-likeness (QED) is 0.499. The average molecular weight is 339 g/mol. The lowest BCUT2D eigenvalue weighted by Crippen LogP contribution is -2.48. The minimum atomic E-state index is -0.162. The van der Waals surface area contributed by atoms with Gasteiger partial charge in [-0.1, -0.05) is 72.1 Å². The Morgan fingerprint density at radius 3 is 1.92 bits per heavy atom. The number of hydrogen-bond donors (Lipinski definition) is 1. The van der Waals surface area contributed by atoms with Crippen molar-refractivity contribution < 1.29 is 4.79 Å². The first-order valence-corrected chi connectivity index (χ1v) is 10.5. The Morgan fingerprint density at radius 2 is 1.46 bits per heavy atom. The van der Waals surface area contributed by atoms with Crippen molar-refractivity contribution in [3.05, 3.63) is 0 Å². The van der Waals surface area contributed by atoms with Crippen LogP contribution in [-0.2, 0) is 4.79 Å². The van der Waals surface area contributed by atoms with Crippen molar-refractivity contribution in [2.45, 2.75) is 104 Å². The van der Waals surface area contributed by atoms with Crippen LogP contribution < -0.4 is 5.32 Å². The maximum atomic E-state index is 13.0. The molecule has 1 aliphatic heterocycles. The molecule has 24 heavy (non-hydrogen) atoms. The number of carbonyl (C=O) groups excluding carboxylic acids is 1. The molecule has 142 valence electrons. The van der Waals surface area contributed by atoms with E-state index >= 15 is 0 Å². The minimum Gasteiger partial charge on any atom is -0.353 e. The molecule has 3 nitrogen and oxygen atoms in total. The highest BCUT2D eigenvalue weighted by atomic mass is 16.2. The van der Waals surface area contributed by atoms with Gasteiger partial charge in [-0.2, -0.15) is 0 Å². The second-order valence-electron chi connectivity index (χ2n) is 8.23. The van der Waals surface area contributed by atoms with Crippen molar-refractivity contribution in [1.29, 1.82) is 0 Å². The highest BCUT2D eigenvalue weighted by Crippen LogP contribution is 2.32. The summed E-state index contributed by atoms with van der Waals surface area (Å²) in [6.07, 6.45) is 14.3. The molecular weight excluding hydrogens is 296 g/mol. The Bertz CT molecular complexity index is 323. The summed E-state index contributed by atoms with van der Waals surface area (Å²) >= 11 is 0. The van der Waals surface area contributed by atoms with Crippen LogP contribution in [0, 0.1) is 5.41 Å². The molecule has 0 aromatic carbocycles. The number of amides is 1. The molecule has 1 aliphatic rings. The number of piperidine rings is 1. The van der Waals surface area contributed by atoms with Gasteiger partial charge in [0.15, 0.2) is 0 Å². The highest BCUT2D eigenvalue weighted by Gasteiger charge is 2.33. The molecule has 0 aromatic heterocycles. The molecule has 0 saturated carbocycles. The van der Waals surface area contributed by atoms with E-state index in [9.17, 15) is 4.79 Å². The van der Waals surface area contributed by atoms with Crippen LogP contribution in [0.15, 0.2) is 0 Å². The fourth-order valence-corrected chi connectivity index (χ4v) is 3.75. The van der Waals surface area contributed by atoms with Gasteiger partial charge in [-0.15, -0.1) is 0 Å². The van der Waals surface area contributed by atoms with Crippen molar-refractivity contribution in [2.75, 3.05) is 20.1 Å². The first-order valence-electron chi connectivity index (χ1n) is 10.5. The van der Waals surface area contributed by atoms with E-state index < -0.39 is 0 Å². The Balaban J connectivity index is 2.51. The van der Waals surface area contributed by atoms with Gasteiger partial charge in [0.25, 0.3) is 0 Å². The van der Waals surface area contributed by atoms with E-state index in [4.69, 9.17) is 0 Å². The fraction of sp³-hybridized carbons (Fsp3) is 0.952. The Morgan fingerprint density at radius 1 is 0.958 bits per heavy atom. The molecule has 1 rings (SSSR count). The molecule has 3 heteroatoms. The largest absolute Gasteiger partial charge is 0.353 e. The van der Waals surface area contributed by atoms with E-state index in [2.05, 4.69) is 38.0 Å². The Hall–Kier alpha value is -0.570. The first kappa shape index (κ1) is 21.5. The zero-order valence-electron chi connectivity index (χ0n) is 16.8. The number of nitrogens with zero attached hydrogens (tertiary/aromatic N) is 1. The average Bonchev–Trinajstić information content (AvgIpc) is 2.58. The van der Waals surface area contributed by atoms with Crippen LogP contribution in [0.25, 0.3) is 0 Å². The second-order valence-corrected chi connectivity index (χ2v) is 8.23. The predicted molar refractivity (Wildman–Crippen MR) is 104 cm³/mol. The van der Waals surface area contributed by atoms with Crippen molar-refractivity contribution in [3.8, 4) is 0 Å². The van der Waals surface area contributed by atoms with Crippen molar-refractivity contribution in [1.82, 2.24) is 10.2 Å². The summed E-state index contributed by atoms with van der Waals surface area (Å²) in [6.45, 7) is 8.92. The van der Waals surface area contributed by atoms with Gasteiger partial charge in [0.05, 0.1) is 0 Å². The zero-order valence-corrected chi connectivity index (χ0v) is 16.8. The third kappa shape index (κ3) is 8.00. The topological polar surface area (TPSA) is 32.3 Å². The summed E-state index contributed by atoms with van der Waals surface area (Å²) in [5, 5.41) is 3.40. The van der Waals surface area contributed by atoms with Crippen LogP contribution in [0.3, 0.4) is 0 Å². The third-order valence-corrected chi connectivity index (χ3v) is 5.77. The second kappa shape index (κ2) is 11.9. The van der Waals surface area contributed by atoms with E-state index in [0.717, 1.165) is 38.8 Å². The van der Waals surface area contributed by atoms with Gasteiger partial charge in [0.2, 0.25) is 5.91 Å². The third-order valence-electron chi connectivity index (χ3n) is 5.77. The normalized spacial score (nSPS) is 17.2. The molecule has 0 bridgehead atoms. The van der Waals surface area contributed by atoms with Crippen LogP contribution in [0.5, 0.6) is 0 Å². The van der Waals surface area contributed by atoms with E-state index in [-0.39, 0.29) is 5.41 Å². The summed E-state index contributed by atoms with van der Waals surface area (Å²) in [6, 6.07) is 0.388. The molecule has 0 unspecified atom stereocenters. The number of carbonyl (C=O) groups is 1. The van der Waals surface area contributed by atoms with Crippen LogP contribution in [-0.4, -0.2) is 37.0 Å². The lowest BCUT2D eigenvalue weighted by Gasteiger charge is -2.34. The van der Waals surface area contributed by atoms with Gasteiger partial charge in [-0.3, -0.25) is 4.79 Å². The molecule has 1 heterocycles. The van der Waals surface area contributed by atoms with Crippen LogP contribution in [0.1, 0.15) is 97.8 Å². The smallest absolute Gasteiger partial charge is 0.226 e. The number of rotatable bonds is 12. The number of hydrogen-bond acceptors (Lipinski definition) is 2. The molecule has 1 amide bonds. The van der Waals surface area contributed by atoms with E-state index in [1.807, 2.05) is 0 Å². The Labute approximate surface area is 151 Å². The summed E-state index contributed by atoms with van der Waals surface area (Å²) in [4.78, 5) is 15.4. The highest BCUT2D eigenvalue weighted by molar-refractivity contribution is 5.82. The molecule has 0 aromatic rings. The first-order chi connectivity index (χ1) is 11.5. The van der Waals surface area contributed by atoms with E-state index in [1.165, 1.54) is 51.4 Å². The lowest BCUT2D eigenvalue weighted by atomic mass is 9.78. The van der Waals surface area contributed by atoms with Gasteiger partial charge in [-0.25, -0.2) is 0 Å². The molecule has 1 N–H and O–H groups in total. The summed E-state index contributed by atoms with van der Waals surface area (Å²) in [5.74, 6) is 0.324. The zero-order chi connectivity index (χ0) is 17.8. The maximum Gasteiger partial charge on any atom is 0.226 e. The molecule has 0 atom stereocenters. The number of nitrogens with one attached hydrogen (secondary N) is 1. The summed E-state index contributed by atoms with van der Waals surface area (Å²) in [5.41, 5.74) is -0.162. The predicted octanol–water partition coefficient (Wildman–Crippen LogP) is 5.14. The molecule has 0 radical (unpaired) electrons. The maximum absolute atomic E-state index is 13.0.